The lowest BCUT2D eigenvalue weighted by atomic mass is 10.3. The van der Waals surface area contributed by atoms with E-state index in [2.05, 4.69) is 30.9 Å². The number of fused-ring (bicyclic) bond motifs is 1. The number of aromatic amines is 1. The van der Waals surface area contributed by atoms with Gasteiger partial charge in [-0.3, -0.25) is 0 Å². The lowest BCUT2D eigenvalue weighted by molar-refractivity contribution is 0.415. The molecule has 1 aromatic carbocycles. The summed E-state index contributed by atoms with van der Waals surface area (Å²) in [6, 6.07) is 7.81. The fourth-order valence-corrected chi connectivity index (χ4v) is 2.87. The zero-order valence-corrected chi connectivity index (χ0v) is 13.4. The van der Waals surface area contributed by atoms with Crippen LogP contribution >= 0.6 is 27.7 Å². The molecule has 0 spiro atoms. The van der Waals surface area contributed by atoms with Crippen molar-refractivity contribution in [1.82, 2.24) is 15.0 Å². The number of imidazole rings is 1. The summed E-state index contributed by atoms with van der Waals surface area (Å²) in [6.45, 7) is 2.04. The predicted octanol–water partition coefficient (Wildman–Crippen LogP) is 4.19. The summed E-state index contributed by atoms with van der Waals surface area (Å²) in [5, 5.41) is 1.74. The number of H-pyrrole nitrogens is 1. The van der Waals surface area contributed by atoms with Crippen molar-refractivity contribution in [1.29, 1.82) is 0 Å². The highest BCUT2D eigenvalue weighted by atomic mass is 79.9. The van der Waals surface area contributed by atoms with Crippen LogP contribution in [0.15, 0.2) is 45.1 Å². The molecule has 2 heterocycles. The molecular formula is C14H12BrN3OS. The summed E-state index contributed by atoms with van der Waals surface area (Å²) in [5.41, 5.74) is 3.03. The van der Waals surface area contributed by atoms with Crippen LogP contribution in [0.3, 0.4) is 0 Å². The van der Waals surface area contributed by atoms with Gasteiger partial charge < -0.3 is 9.72 Å². The number of nitrogens with one attached hydrogen (secondary N) is 1. The van der Waals surface area contributed by atoms with Crippen LogP contribution in [-0.4, -0.2) is 22.1 Å². The van der Waals surface area contributed by atoms with Gasteiger partial charge in [-0.15, -0.1) is 0 Å². The molecule has 0 aliphatic rings. The van der Waals surface area contributed by atoms with Gasteiger partial charge in [0.1, 0.15) is 10.8 Å². The number of benzene rings is 1. The number of methoxy groups -OCH3 is 1. The van der Waals surface area contributed by atoms with Crippen molar-refractivity contribution in [2.45, 2.75) is 17.1 Å². The number of aryl methyl sites for hydroxylation is 1. The number of halogens is 1. The Labute approximate surface area is 129 Å². The largest absolute Gasteiger partial charge is 0.497 e. The average Bonchev–Trinajstić information content (AvgIpc) is 2.84. The monoisotopic (exact) mass is 349 g/mol. The minimum atomic E-state index is 0.815. The first-order valence-corrected chi connectivity index (χ1v) is 7.60. The molecule has 1 N–H and O–H groups in total. The maximum atomic E-state index is 5.21. The van der Waals surface area contributed by atoms with E-state index in [1.165, 1.54) is 11.8 Å². The van der Waals surface area contributed by atoms with Crippen LogP contribution in [0.25, 0.3) is 11.0 Å². The third-order valence-electron chi connectivity index (χ3n) is 2.89. The lowest BCUT2D eigenvalue weighted by Gasteiger charge is -2.00. The number of ether oxygens (including phenoxy) is 1. The molecule has 0 amide bonds. The zero-order valence-electron chi connectivity index (χ0n) is 11.0. The molecule has 3 aromatic rings. The van der Waals surface area contributed by atoms with Gasteiger partial charge in [0.25, 0.3) is 0 Å². The van der Waals surface area contributed by atoms with Gasteiger partial charge in [0.05, 0.1) is 18.1 Å². The van der Waals surface area contributed by atoms with E-state index >= 15 is 0 Å². The van der Waals surface area contributed by atoms with Crippen molar-refractivity contribution in [3.8, 4) is 5.75 Å². The summed E-state index contributed by atoms with van der Waals surface area (Å²) in [6.07, 6.45) is 1.81. The molecule has 3 rings (SSSR count). The van der Waals surface area contributed by atoms with Crippen LogP contribution in [0.2, 0.25) is 0 Å². The Bertz CT molecular complexity index is 772. The fraction of sp³-hybridized carbons (Fsp3) is 0.143. The second kappa shape index (κ2) is 5.46. The van der Waals surface area contributed by atoms with E-state index < -0.39 is 0 Å². The molecule has 0 unspecified atom stereocenters. The summed E-state index contributed by atoms with van der Waals surface area (Å²) < 4.78 is 6.22. The van der Waals surface area contributed by atoms with Gasteiger partial charge in [-0.05, 0) is 58.4 Å². The second-order valence-corrected chi connectivity index (χ2v) is 6.16. The van der Waals surface area contributed by atoms with Crippen molar-refractivity contribution >= 4 is 38.7 Å². The van der Waals surface area contributed by atoms with Crippen LogP contribution in [0.5, 0.6) is 5.75 Å². The summed E-state index contributed by atoms with van der Waals surface area (Å²) in [7, 11) is 1.65. The van der Waals surface area contributed by atoms with Crippen LogP contribution in [0.4, 0.5) is 0 Å². The molecule has 2 aromatic heterocycles. The van der Waals surface area contributed by atoms with Crippen molar-refractivity contribution < 1.29 is 4.74 Å². The third-order valence-corrected chi connectivity index (χ3v) is 4.54. The summed E-state index contributed by atoms with van der Waals surface area (Å²) in [5.74, 6) is 0.815. The van der Waals surface area contributed by atoms with E-state index in [1.807, 2.05) is 37.4 Å². The highest BCUT2D eigenvalue weighted by Crippen LogP contribution is 2.29. The topological polar surface area (TPSA) is 50.8 Å². The highest BCUT2D eigenvalue weighted by molar-refractivity contribution is 9.10. The Hall–Kier alpha value is -1.53. The second-order valence-electron chi connectivity index (χ2n) is 4.30. The van der Waals surface area contributed by atoms with E-state index in [-0.39, 0.29) is 0 Å². The van der Waals surface area contributed by atoms with E-state index in [0.717, 1.165) is 37.0 Å². The number of rotatable bonds is 3. The number of hydrogen-bond acceptors (Lipinski definition) is 4. The third kappa shape index (κ3) is 2.66. The van der Waals surface area contributed by atoms with Crippen LogP contribution < -0.4 is 4.74 Å². The molecule has 0 radical (unpaired) electrons. The first-order valence-electron chi connectivity index (χ1n) is 5.99. The van der Waals surface area contributed by atoms with Gasteiger partial charge in [-0.25, -0.2) is 9.97 Å². The molecular weight excluding hydrogens is 338 g/mol. The van der Waals surface area contributed by atoms with Gasteiger partial charge in [-0.1, -0.05) is 0 Å². The van der Waals surface area contributed by atoms with Gasteiger partial charge >= 0.3 is 0 Å². The van der Waals surface area contributed by atoms with Crippen LogP contribution in [0.1, 0.15) is 5.56 Å². The Kier molecular flexibility index (Phi) is 3.67. The Balaban J connectivity index is 1.92. The maximum Gasteiger partial charge on any atom is 0.172 e. The van der Waals surface area contributed by atoms with Crippen molar-refractivity contribution in [2.75, 3.05) is 7.11 Å². The van der Waals surface area contributed by atoms with E-state index in [9.17, 15) is 0 Å². The van der Waals surface area contributed by atoms with Gasteiger partial charge in [-0.2, -0.15) is 0 Å². The smallest absolute Gasteiger partial charge is 0.172 e. The molecule has 20 heavy (non-hydrogen) atoms. The molecule has 0 atom stereocenters. The maximum absolute atomic E-state index is 5.21. The first kappa shape index (κ1) is 13.5. The fourth-order valence-electron chi connectivity index (χ4n) is 1.81. The molecule has 102 valence electrons. The lowest BCUT2D eigenvalue weighted by Crippen LogP contribution is -1.84. The van der Waals surface area contributed by atoms with Crippen molar-refractivity contribution in [2.24, 2.45) is 0 Å². The Morgan fingerprint density at radius 3 is 2.90 bits per heavy atom. The van der Waals surface area contributed by atoms with Crippen molar-refractivity contribution in [3.63, 3.8) is 0 Å². The molecule has 0 aliphatic carbocycles. The minimum absolute atomic E-state index is 0.815. The predicted molar refractivity (Wildman–Crippen MR) is 83.4 cm³/mol. The highest BCUT2D eigenvalue weighted by Gasteiger charge is 2.07. The van der Waals surface area contributed by atoms with Gasteiger partial charge in [0.2, 0.25) is 0 Å². The normalized spacial score (nSPS) is 10.9. The standard InChI is InChI=1S/C14H12BrN3OS/c1-8-5-13(16-7-10(8)15)20-14-17-11-4-3-9(19-2)6-12(11)18-14/h3-7H,1-2H3,(H,17,18). The Morgan fingerprint density at radius 2 is 2.15 bits per heavy atom. The zero-order chi connectivity index (χ0) is 14.1. The summed E-state index contributed by atoms with van der Waals surface area (Å²) >= 11 is 4.96. The molecule has 0 saturated carbocycles. The van der Waals surface area contributed by atoms with Gasteiger partial charge in [0, 0.05) is 16.7 Å². The molecule has 4 nitrogen and oxygen atoms in total. The molecule has 6 heteroatoms. The SMILES string of the molecule is COc1ccc2nc(Sc3cc(C)c(Br)cn3)[nH]c2c1. The summed E-state index contributed by atoms with van der Waals surface area (Å²) in [4.78, 5) is 12.2. The Morgan fingerprint density at radius 1 is 1.30 bits per heavy atom. The molecule has 0 fully saturated rings. The number of hydrogen-bond donors (Lipinski definition) is 1. The quantitative estimate of drug-likeness (QED) is 0.770. The molecule has 0 saturated heterocycles. The van der Waals surface area contributed by atoms with Crippen LogP contribution in [0, 0.1) is 6.92 Å². The van der Waals surface area contributed by atoms with E-state index in [0.29, 0.717) is 0 Å². The number of pyridine rings is 1. The molecule has 0 aliphatic heterocycles. The number of nitrogens with zero attached hydrogens (tertiary/aromatic N) is 2. The van der Waals surface area contributed by atoms with Crippen LogP contribution in [-0.2, 0) is 0 Å². The number of aromatic nitrogens is 3. The van der Waals surface area contributed by atoms with E-state index in [4.69, 9.17) is 4.74 Å². The van der Waals surface area contributed by atoms with Gasteiger partial charge in [0.15, 0.2) is 5.16 Å². The van der Waals surface area contributed by atoms with E-state index in [1.54, 1.807) is 7.11 Å². The average molecular weight is 350 g/mol. The van der Waals surface area contributed by atoms with Crippen molar-refractivity contribution in [3.05, 3.63) is 40.5 Å². The first-order chi connectivity index (χ1) is 9.65. The minimum Gasteiger partial charge on any atom is -0.497 e. The molecule has 0 bridgehead atoms.